The SMILES string of the molecule is CC1(C)CNC(=O)c2cc3ccc(C(=O)Nc4cnn(Cc5ccccc5)c4)cc3n2C1. The number of nitrogens with one attached hydrogen (secondary N) is 2. The fraction of sp³-hybridized carbons (Fsp3) is 0.240. The number of hydrogen-bond donors (Lipinski definition) is 2. The molecule has 4 aromatic rings. The maximum atomic E-state index is 12.9. The zero-order valence-corrected chi connectivity index (χ0v) is 18.1. The fourth-order valence-corrected chi connectivity index (χ4v) is 4.14. The first-order chi connectivity index (χ1) is 15.4. The highest BCUT2D eigenvalue weighted by Gasteiger charge is 2.28. The molecule has 0 bridgehead atoms. The van der Waals surface area contributed by atoms with Crippen LogP contribution >= 0.6 is 0 Å². The van der Waals surface area contributed by atoms with Crippen LogP contribution in [0.1, 0.15) is 40.3 Å². The number of nitrogens with zero attached hydrogens (tertiary/aromatic N) is 3. The molecule has 0 saturated heterocycles. The van der Waals surface area contributed by atoms with Crippen molar-refractivity contribution in [3.8, 4) is 0 Å². The van der Waals surface area contributed by atoms with Crippen LogP contribution in [0.15, 0.2) is 67.0 Å². The Morgan fingerprint density at radius 2 is 1.97 bits per heavy atom. The molecule has 3 heterocycles. The van der Waals surface area contributed by atoms with Gasteiger partial charge in [-0.15, -0.1) is 0 Å². The van der Waals surface area contributed by atoms with E-state index >= 15 is 0 Å². The highest BCUT2D eigenvalue weighted by molar-refractivity contribution is 6.07. The van der Waals surface area contributed by atoms with Gasteiger partial charge in [-0.2, -0.15) is 5.10 Å². The third-order valence-corrected chi connectivity index (χ3v) is 5.79. The summed E-state index contributed by atoms with van der Waals surface area (Å²) in [5, 5.41) is 11.2. The van der Waals surface area contributed by atoms with Gasteiger partial charge in [0, 0.05) is 41.2 Å². The molecule has 1 aliphatic rings. The Balaban J connectivity index is 1.39. The van der Waals surface area contributed by atoms with Crippen molar-refractivity contribution in [1.29, 1.82) is 0 Å². The lowest BCUT2D eigenvalue weighted by atomic mass is 9.93. The Morgan fingerprint density at radius 3 is 2.78 bits per heavy atom. The molecule has 0 saturated carbocycles. The van der Waals surface area contributed by atoms with Crippen LogP contribution in [0.4, 0.5) is 5.69 Å². The zero-order chi connectivity index (χ0) is 22.3. The molecule has 162 valence electrons. The van der Waals surface area contributed by atoms with Gasteiger partial charge >= 0.3 is 0 Å². The molecule has 2 amide bonds. The maximum Gasteiger partial charge on any atom is 0.267 e. The molecule has 1 aliphatic heterocycles. The Hall–Kier alpha value is -3.87. The molecule has 2 aromatic heterocycles. The molecule has 2 N–H and O–H groups in total. The minimum Gasteiger partial charge on any atom is -0.350 e. The predicted molar refractivity (Wildman–Crippen MR) is 124 cm³/mol. The lowest BCUT2D eigenvalue weighted by molar-refractivity contribution is 0.0942. The standard InChI is InChI=1S/C25H25N5O2/c1-25(2)15-26-24(32)22-10-18-8-9-19(11-21(18)30(22)16-25)23(31)28-20-12-27-29(14-20)13-17-6-4-3-5-7-17/h3-12,14H,13,15-16H2,1-2H3,(H,26,32)(H,28,31). The number of amides is 2. The van der Waals surface area contributed by atoms with Crippen LogP contribution in [0.2, 0.25) is 0 Å². The molecule has 2 aromatic carbocycles. The van der Waals surface area contributed by atoms with E-state index in [9.17, 15) is 9.59 Å². The van der Waals surface area contributed by atoms with Crippen molar-refractivity contribution in [3.63, 3.8) is 0 Å². The van der Waals surface area contributed by atoms with Gasteiger partial charge in [0.15, 0.2) is 0 Å². The van der Waals surface area contributed by atoms with Crippen LogP contribution in [0, 0.1) is 5.41 Å². The molecule has 0 fully saturated rings. The van der Waals surface area contributed by atoms with Crippen molar-refractivity contribution in [2.45, 2.75) is 26.9 Å². The summed E-state index contributed by atoms with van der Waals surface area (Å²) in [6, 6.07) is 17.5. The van der Waals surface area contributed by atoms with Crippen LogP contribution in [0.3, 0.4) is 0 Å². The summed E-state index contributed by atoms with van der Waals surface area (Å²) in [5.41, 5.74) is 3.75. The topological polar surface area (TPSA) is 81.0 Å². The summed E-state index contributed by atoms with van der Waals surface area (Å²) >= 11 is 0. The highest BCUT2D eigenvalue weighted by Crippen LogP contribution is 2.29. The number of fused-ring (bicyclic) bond motifs is 3. The summed E-state index contributed by atoms with van der Waals surface area (Å²) in [6.07, 6.45) is 3.47. The molecular weight excluding hydrogens is 402 g/mol. The van der Waals surface area contributed by atoms with Crippen LogP contribution in [-0.2, 0) is 13.1 Å². The van der Waals surface area contributed by atoms with Crippen molar-refractivity contribution in [2.24, 2.45) is 5.41 Å². The molecule has 0 spiro atoms. The van der Waals surface area contributed by atoms with Crippen LogP contribution in [0.5, 0.6) is 0 Å². The fourth-order valence-electron chi connectivity index (χ4n) is 4.14. The van der Waals surface area contributed by atoms with Gasteiger partial charge in [-0.25, -0.2) is 0 Å². The second-order valence-corrected chi connectivity index (χ2v) is 9.10. The van der Waals surface area contributed by atoms with Crippen molar-refractivity contribution in [2.75, 3.05) is 11.9 Å². The van der Waals surface area contributed by atoms with Gasteiger partial charge in [0.25, 0.3) is 11.8 Å². The highest BCUT2D eigenvalue weighted by atomic mass is 16.2. The molecule has 7 heteroatoms. The number of rotatable bonds is 4. The predicted octanol–water partition coefficient (Wildman–Crippen LogP) is 3.91. The van der Waals surface area contributed by atoms with E-state index in [1.165, 1.54) is 0 Å². The first kappa shape index (κ1) is 20.1. The van der Waals surface area contributed by atoms with Crippen LogP contribution < -0.4 is 10.6 Å². The molecular formula is C25H25N5O2. The molecule has 0 atom stereocenters. The van der Waals surface area contributed by atoms with Gasteiger partial charge in [-0.3, -0.25) is 14.3 Å². The number of hydrogen-bond acceptors (Lipinski definition) is 3. The quantitative estimate of drug-likeness (QED) is 0.518. The van der Waals surface area contributed by atoms with Gasteiger partial charge in [0.2, 0.25) is 0 Å². The summed E-state index contributed by atoms with van der Waals surface area (Å²) in [7, 11) is 0. The zero-order valence-electron chi connectivity index (χ0n) is 18.1. The van der Waals surface area contributed by atoms with Crippen molar-refractivity contribution >= 4 is 28.4 Å². The van der Waals surface area contributed by atoms with E-state index in [0.29, 0.717) is 36.6 Å². The van der Waals surface area contributed by atoms with E-state index < -0.39 is 0 Å². The van der Waals surface area contributed by atoms with Gasteiger partial charge < -0.3 is 15.2 Å². The Bertz CT molecular complexity index is 1320. The molecule has 7 nitrogen and oxygen atoms in total. The van der Waals surface area contributed by atoms with E-state index in [1.807, 2.05) is 59.3 Å². The van der Waals surface area contributed by atoms with Crippen molar-refractivity contribution in [3.05, 3.63) is 83.8 Å². The smallest absolute Gasteiger partial charge is 0.267 e. The number of carbonyl (C=O) groups is 2. The van der Waals surface area contributed by atoms with Crippen LogP contribution in [-0.4, -0.2) is 32.7 Å². The maximum absolute atomic E-state index is 12.9. The first-order valence-corrected chi connectivity index (χ1v) is 10.7. The largest absolute Gasteiger partial charge is 0.350 e. The summed E-state index contributed by atoms with van der Waals surface area (Å²) in [6.45, 7) is 6.19. The third-order valence-electron chi connectivity index (χ3n) is 5.79. The second-order valence-electron chi connectivity index (χ2n) is 9.10. The molecule has 32 heavy (non-hydrogen) atoms. The van der Waals surface area contributed by atoms with E-state index in [0.717, 1.165) is 16.5 Å². The molecule has 0 unspecified atom stereocenters. The summed E-state index contributed by atoms with van der Waals surface area (Å²) < 4.78 is 3.81. The Kier molecular flexibility index (Phi) is 4.81. The normalized spacial score (nSPS) is 15.1. The van der Waals surface area contributed by atoms with Crippen molar-refractivity contribution in [1.82, 2.24) is 19.7 Å². The van der Waals surface area contributed by atoms with Gasteiger partial charge in [0.1, 0.15) is 5.69 Å². The van der Waals surface area contributed by atoms with E-state index in [2.05, 4.69) is 29.6 Å². The average molecular weight is 428 g/mol. The minimum atomic E-state index is -0.209. The second kappa shape index (κ2) is 7.67. The number of benzene rings is 2. The third kappa shape index (κ3) is 3.89. The first-order valence-electron chi connectivity index (χ1n) is 10.7. The summed E-state index contributed by atoms with van der Waals surface area (Å²) in [5.74, 6) is -0.289. The number of anilines is 1. The lowest BCUT2D eigenvalue weighted by Crippen LogP contribution is -2.31. The average Bonchev–Trinajstić information content (AvgIpc) is 3.33. The monoisotopic (exact) mass is 427 g/mol. The van der Waals surface area contributed by atoms with Crippen molar-refractivity contribution < 1.29 is 9.59 Å². The van der Waals surface area contributed by atoms with Gasteiger partial charge in [-0.05, 0) is 23.8 Å². The lowest BCUT2D eigenvalue weighted by Gasteiger charge is -2.23. The van der Waals surface area contributed by atoms with Gasteiger partial charge in [-0.1, -0.05) is 50.2 Å². The molecule has 0 aliphatic carbocycles. The Labute approximate surface area is 186 Å². The molecule has 5 rings (SSSR count). The van der Waals surface area contributed by atoms with E-state index in [4.69, 9.17) is 0 Å². The van der Waals surface area contributed by atoms with Gasteiger partial charge in [0.05, 0.1) is 18.4 Å². The molecule has 0 radical (unpaired) electrons. The van der Waals surface area contributed by atoms with Crippen LogP contribution in [0.25, 0.3) is 10.9 Å². The minimum absolute atomic E-state index is 0.0800. The Morgan fingerprint density at radius 1 is 1.16 bits per heavy atom. The van der Waals surface area contributed by atoms with E-state index in [-0.39, 0.29) is 17.2 Å². The number of aromatic nitrogens is 3. The number of carbonyl (C=O) groups excluding carboxylic acids is 2. The summed E-state index contributed by atoms with van der Waals surface area (Å²) in [4.78, 5) is 25.5. The van der Waals surface area contributed by atoms with E-state index in [1.54, 1.807) is 16.9 Å².